The Morgan fingerprint density at radius 3 is 2.62 bits per heavy atom. The highest BCUT2D eigenvalue weighted by Crippen LogP contribution is 2.16. The molecule has 1 aliphatic carbocycles. The molecule has 3 N–H and O–H groups in total. The number of hydrogen-bond acceptors (Lipinski definition) is 3. The maximum Gasteiger partial charge on any atom is 0.408 e. The molecular weight excluding hydrogens is 204 g/mol. The number of carbonyl (C=O) groups excluding carboxylic acids is 1. The molecule has 0 radical (unpaired) electrons. The molecule has 2 atom stereocenters. The van der Waals surface area contributed by atoms with Crippen LogP contribution < -0.4 is 11.1 Å². The van der Waals surface area contributed by atoms with E-state index in [0.29, 0.717) is 5.70 Å². The molecule has 0 bridgehead atoms. The molecule has 4 nitrogen and oxygen atoms in total. The molecule has 0 aromatic rings. The Kier molecular flexibility index (Phi) is 3.62. The topological polar surface area (TPSA) is 64.3 Å². The number of alkyl carbamates (subject to hydrolysis) is 1. The van der Waals surface area contributed by atoms with Gasteiger partial charge in [-0.2, -0.15) is 0 Å². The Labute approximate surface area is 96.5 Å². The van der Waals surface area contributed by atoms with Gasteiger partial charge in [0, 0.05) is 11.6 Å². The molecule has 16 heavy (non-hydrogen) atoms. The van der Waals surface area contributed by atoms with Crippen LogP contribution in [0, 0.1) is 5.92 Å². The van der Waals surface area contributed by atoms with Gasteiger partial charge < -0.3 is 15.8 Å². The Balaban J connectivity index is 2.57. The molecule has 0 spiro atoms. The molecule has 2 unspecified atom stereocenters. The normalized spacial score (nSPS) is 24.9. The van der Waals surface area contributed by atoms with E-state index in [4.69, 9.17) is 10.5 Å². The van der Waals surface area contributed by atoms with E-state index in [0.717, 1.165) is 0 Å². The van der Waals surface area contributed by atoms with Crippen LogP contribution in [0.5, 0.6) is 0 Å². The number of amides is 1. The number of nitrogens with one attached hydrogen (secondary N) is 1. The van der Waals surface area contributed by atoms with Crippen LogP contribution in [0.15, 0.2) is 23.9 Å². The van der Waals surface area contributed by atoms with Gasteiger partial charge in [0.15, 0.2) is 0 Å². The summed E-state index contributed by atoms with van der Waals surface area (Å²) in [6.45, 7) is 7.49. The van der Waals surface area contributed by atoms with Gasteiger partial charge in [-0.3, -0.25) is 0 Å². The van der Waals surface area contributed by atoms with Crippen molar-refractivity contribution in [2.75, 3.05) is 0 Å². The average molecular weight is 224 g/mol. The lowest BCUT2D eigenvalue weighted by molar-refractivity contribution is 0.0503. The summed E-state index contributed by atoms with van der Waals surface area (Å²) < 4.78 is 5.18. The van der Waals surface area contributed by atoms with Gasteiger partial charge in [-0.15, -0.1) is 0 Å². The molecule has 1 rings (SSSR count). The molecule has 1 amide bonds. The molecule has 0 fully saturated rings. The van der Waals surface area contributed by atoms with Crippen molar-refractivity contribution in [2.24, 2.45) is 11.7 Å². The van der Waals surface area contributed by atoms with E-state index < -0.39 is 11.7 Å². The molecule has 0 saturated heterocycles. The summed E-state index contributed by atoms with van der Waals surface area (Å²) in [5, 5.41) is 2.77. The fourth-order valence-electron chi connectivity index (χ4n) is 1.51. The van der Waals surface area contributed by atoms with Crippen LogP contribution in [0.25, 0.3) is 0 Å². The van der Waals surface area contributed by atoms with Gasteiger partial charge in [0.05, 0.1) is 6.04 Å². The highest BCUT2D eigenvalue weighted by atomic mass is 16.6. The van der Waals surface area contributed by atoms with E-state index >= 15 is 0 Å². The van der Waals surface area contributed by atoms with Gasteiger partial charge in [-0.25, -0.2) is 4.79 Å². The Bertz CT molecular complexity index is 326. The predicted octanol–water partition coefficient (Wildman–Crippen LogP) is 1.93. The maximum atomic E-state index is 11.6. The lowest BCUT2D eigenvalue weighted by atomic mass is 9.94. The zero-order chi connectivity index (χ0) is 12.3. The van der Waals surface area contributed by atoms with Gasteiger partial charge in [0.2, 0.25) is 0 Å². The highest BCUT2D eigenvalue weighted by Gasteiger charge is 2.24. The first-order chi connectivity index (χ1) is 7.29. The van der Waals surface area contributed by atoms with Crippen LogP contribution in [-0.4, -0.2) is 17.7 Å². The van der Waals surface area contributed by atoms with Crippen molar-refractivity contribution >= 4 is 6.09 Å². The summed E-state index contributed by atoms with van der Waals surface area (Å²) in [7, 11) is 0. The quantitative estimate of drug-likeness (QED) is 0.715. The highest BCUT2D eigenvalue weighted by molar-refractivity contribution is 5.68. The number of allylic oxidation sites excluding steroid dienone is 2. The minimum absolute atomic E-state index is 0.178. The number of rotatable bonds is 1. The van der Waals surface area contributed by atoms with Crippen molar-refractivity contribution in [1.82, 2.24) is 5.32 Å². The molecule has 0 saturated carbocycles. The SMILES string of the molecule is CC1C=CC=C(N)C1NC(=O)OC(C)(C)C. The van der Waals surface area contributed by atoms with Crippen molar-refractivity contribution in [1.29, 1.82) is 0 Å². The van der Waals surface area contributed by atoms with E-state index in [1.165, 1.54) is 0 Å². The maximum absolute atomic E-state index is 11.6. The lowest BCUT2D eigenvalue weighted by Gasteiger charge is -2.27. The second-order valence-corrected chi connectivity index (χ2v) is 5.03. The van der Waals surface area contributed by atoms with Gasteiger partial charge in [0.1, 0.15) is 5.60 Å². The van der Waals surface area contributed by atoms with Gasteiger partial charge >= 0.3 is 6.09 Å². The van der Waals surface area contributed by atoms with Crippen molar-refractivity contribution in [3.8, 4) is 0 Å². The third-order valence-corrected chi connectivity index (χ3v) is 2.26. The monoisotopic (exact) mass is 224 g/mol. The van der Waals surface area contributed by atoms with Crippen molar-refractivity contribution in [2.45, 2.75) is 39.3 Å². The molecule has 90 valence electrons. The van der Waals surface area contributed by atoms with E-state index in [1.807, 2.05) is 39.8 Å². The minimum atomic E-state index is -0.490. The third kappa shape index (κ3) is 3.61. The van der Waals surface area contributed by atoms with Crippen LogP contribution in [-0.2, 0) is 4.74 Å². The third-order valence-electron chi connectivity index (χ3n) is 2.26. The summed E-state index contributed by atoms with van der Waals surface area (Å²) in [6.07, 6.45) is 5.25. The summed E-state index contributed by atoms with van der Waals surface area (Å²) in [6, 6.07) is -0.181. The molecule has 4 heteroatoms. The van der Waals surface area contributed by atoms with Gasteiger partial charge in [0.25, 0.3) is 0 Å². The van der Waals surface area contributed by atoms with Crippen LogP contribution in [0.1, 0.15) is 27.7 Å². The molecule has 0 heterocycles. The number of carbonyl (C=O) groups is 1. The lowest BCUT2D eigenvalue weighted by Crippen LogP contribution is -2.45. The van der Waals surface area contributed by atoms with E-state index in [1.54, 1.807) is 6.08 Å². The summed E-state index contributed by atoms with van der Waals surface area (Å²) >= 11 is 0. The van der Waals surface area contributed by atoms with E-state index in [9.17, 15) is 4.79 Å². The molecule has 0 aliphatic heterocycles. The van der Waals surface area contributed by atoms with Crippen LogP contribution >= 0.6 is 0 Å². The average Bonchev–Trinajstić information content (AvgIpc) is 2.08. The predicted molar refractivity (Wildman–Crippen MR) is 63.7 cm³/mol. The fraction of sp³-hybridized carbons (Fsp3) is 0.583. The smallest absolute Gasteiger partial charge is 0.408 e. The zero-order valence-corrected chi connectivity index (χ0v) is 10.3. The Morgan fingerprint density at radius 1 is 1.50 bits per heavy atom. The first kappa shape index (κ1) is 12.6. The number of ether oxygens (including phenoxy) is 1. The van der Waals surface area contributed by atoms with Crippen LogP contribution in [0.4, 0.5) is 4.79 Å². The number of nitrogens with two attached hydrogens (primary N) is 1. The second-order valence-electron chi connectivity index (χ2n) is 5.03. The van der Waals surface area contributed by atoms with Crippen LogP contribution in [0.3, 0.4) is 0 Å². The standard InChI is InChI=1S/C12H20N2O2/c1-8-6-5-7-9(13)10(8)14-11(15)16-12(2,3)4/h5-8,10H,13H2,1-4H3,(H,14,15). The molecular formula is C12H20N2O2. The molecule has 0 aromatic carbocycles. The minimum Gasteiger partial charge on any atom is -0.444 e. The Morgan fingerprint density at radius 2 is 2.12 bits per heavy atom. The van der Waals surface area contributed by atoms with Crippen molar-refractivity contribution in [3.63, 3.8) is 0 Å². The fourth-order valence-corrected chi connectivity index (χ4v) is 1.51. The number of hydrogen-bond donors (Lipinski definition) is 2. The van der Waals surface area contributed by atoms with Crippen molar-refractivity contribution in [3.05, 3.63) is 23.9 Å². The zero-order valence-electron chi connectivity index (χ0n) is 10.3. The van der Waals surface area contributed by atoms with Crippen LogP contribution in [0.2, 0.25) is 0 Å². The molecule has 1 aliphatic rings. The van der Waals surface area contributed by atoms with Gasteiger partial charge in [-0.1, -0.05) is 19.1 Å². The first-order valence-electron chi connectivity index (χ1n) is 5.43. The second kappa shape index (κ2) is 4.60. The van der Waals surface area contributed by atoms with E-state index in [2.05, 4.69) is 5.32 Å². The van der Waals surface area contributed by atoms with E-state index in [-0.39, 0.29) is 12.0 Å². The summed E-state index contributed by atoms with van der Waals surface area (Å²) in [5.41, 5.74) is 5.98. The summed E-state index contributed by atoms with van der Waals surface area (Å²) in [4.78, 5) is 11.6. The molecule has 0 aromatic heterocycles. The largest absolute Gasteiger partial charge is 0.444 e. The van der Waals surface area contributed by atoms with Crippen molar-refractivity contribution < 1.29 is 9.53 Å². The van der Waals surface area contributed by atoms with Gasteiger partial charge in [-0.05, 0) is 26.8 Å². The summed E-state index contributed by atoms with van der Waals surface area (Å²) in [5.74, 6) is 0.178. The first-order valence-corrected chi connectivity index (χ1v) is 5.43. The Hall–Kier alpha value is -1.45.